The Kier molecular flexibility index (Phi) is 12.3. The van der Waals surface area contributed by atoms with E-state index in [0.29, 0.717) is 0 Å². The molecule has 0 atom stereocenters. The average molecular weight is 1070 g/mol. The van der Waals surface area contributed by atoms with Gasteiger partial charge in [-0.25, -0.2) is 0 Å². The maximum atomic E-state index is 7.28. The molecule has 3 heterocycles. The number of benzene rings is 12. The van der Waals surface area contributed by atoms with E-state index in [2.05, 4.69) is 315 Å². The van der Waals surface area contributed by atoms with Gasteiger partial charge in [-0.2, -0.15) is 0 Å². The Morgan fingerprint density at radius 1 is 0.341 bits per heavy atom. The summed E-state index contributed by atoms with van der Waals surface area (Å²) in [6.07, 6.45) is 0. The lowest BCUT2D eigenvalue weighted by Gasteiger charge is -2.43. The Morgan fingerprint density at radius 3 is 1.39 bits per heavy atom. The third kappa shape index (κ3) is 8.42. The van der Waals surface area contributed by atoms with Gasteiger partial charge < -0.3 is 19.4 Å². The van der Waals surface area contributed by atoms with Crippen molar-refractivity contribution < 1.29 is 4.74 Å². The summed E-state index contributed by atoms with van der Waals surface area (Å²) >= 11 is 1.90. The first-order valence-electron chi connectivity index (χ1n) is 28.3. The lowest BCUT2D eigenvalue weighted by atomic mass is 9.31. The molecule has 0 spiro atoms. The zero-order chi connectivity index (χ0) is 54.8. The highest BCUT2D eigenvalue weighted by atomic mass is 32.2. The predicted octanol–water partition coefficient (Wildman–Crippen LogP) is 16.3. The molecule has 3 aliphatic heterocycles. The van der Waals surface area contributed by atoms with Crippen molar-refractivity contribution in [2.24, 2.45) is 0 Å². The lowest BCUT2D eigenvalue weighted by molar-refractivity contribution is 0.487. The predicted molar refractivity (Wildman–Crippen MR) is 348 cm³/mol. The van der Waals surface area contributed by atoms with Crippen molar-refractivity contribution in [1.82, 2.24) is 0 Å². The molecule has 3 aliphatic rings. The zero-order valence-electron chi connectivity index (χ0n) is 45.9. The Balaban J connectivity index is 1.04. The van der Waals surface area contributed by atoms with Crippen molar-refractivity contribution in [2.45, 2.75) is 30.6 Å². The van der Waals surface area contributed by atoms with Crippen LogP contribution in [0.25, 0.3) is 22.3 Å². The topological polar surface area (TPSA) is 19.0 Å². The van der Waals surface area contributed by atoms with E-state index in [9.17, 15) is 0 Å². The van der Waals surface area contributed by atoms with E-state index in [4.69, 9.17) is 4.74 Å². The van der Waals surface area contributed by atoms with Gasteiger partial charge in [-0.1, -0.05) is 228 Å². The van der Waals surface area contributed by atoms with Gasteiger partial charge in [0.25, 0.3) is 6.71 Å². The number of anilines is 9. The fourth-order valence-electron chi connectivity index (χ4n) is 13.3. The van der Waals surface area contributed by atoms with Crippen LogP contribution in [0.5, 0.6) is 11.5 Å². The molecule has 388 valence electrons. The molecule has 0 unspecified atom stereocenters. The van der Waals surface area contributed by atoms with Crippen LogP contribution < -0.4 is 52.2 Å². The van der Waals surface area contributed by atoms with Crippen LogP contribution in [0.3, 0.4) is 0 Å². The van der Waals surface area contributed by atoms with Gasteiger partial charge >= 0.3 is 0 Å². The molecule has 7 heteroatoms. The van der Waals surface area contributed by atoms with E-state index in [1.807, 2.05) is 11.8 Å². The van der Waals surface area contributed by atoms with Gasteiger partial charge in [-0.3, -0.25) is 0 Å². The first-order valence-corrected chi connectivity index (χ1v) is 29.1. The first kappa shape index (κ1) is 49.4. The maximum Gasteiger partial charge on any atom is 0.256 e. The number of hydrogen-bond donors (Lipinski definition) is 0. The van der Waals surface area contributed by atoms with Crippen molar-refractivity contribution in [1.29, 1.82) is 0 Å². The molecular weight excluding hydrogens is 1010 g/mol. The quantitative estimate of drug-likeness (QED) is 0.127. The molecule has 0 fully saturated rings. The first-order chi connectivity index (χ1) is 40.4. The molecule has 0 radical (unpaired) electrons. The van der Waals surface area contributed by atoms with Crippen molar-refractivity contribution in [3.63, 3.8) is 0 Å². The number of hydrogen-bond acceptors (Lipinski definition) is 5. The van der Waals surface area contributed by atoms with E-state index in [0.717, 1.165) is 67.9 Å². The van der Waals surface area contributed by atoms with Gasteiger partial charge in [0.05, 0.1) is 11.4 Å². The third-order valence-electron chi connectivity index (χ3n) is 16.6. The monoisotopic (exact) mass is 1070 g/mol. The Hall–Kier alpha value is -9.68. The number of ether oxygens (including phenoxy) is 1. The van der Waals surface area contributed by atoms with Crippen molar-refractivity contribution in [2.75, 3.05) is 14.7 Å². The van der Waals surface area contributed by atoms with Crippen LogP contribution in [0.1, 0.15) is 16.7 Å². The summed E-state index contributed by atoms with van der Waals surface area (Å²) in [4.78, 5) is 9.79. The van der Waals surface area contributed by atoms with E-state index >= 15 is 0 Å². The molecule has 15 rings (SSSR count). The van der Waals surface area contributed by atoms with Crippen LogP contribution in [0.4, 0.5) is 51.2 Å². The molecule has 0 saturated carbocycles. The molecule has 4 nitrogen and oxygen atoms in total. The lowest BCUT2D eigenvalue weighted by Crippen LogP contribution is -2.62. The van der Waals surface area contributed by atoms with Crippen LogP contribution in [0, 0.1) is 20.8 Å². The van der Waals surface area contributed by atoms with Crippen molar-refractivity contribution in [3.8, 4) is 33.8 Å². The van der Waals surface area contributed by atoms with Crippen LogP contribution in [-0.4, -0.2) is 13.4 Å². The van der Waals surface area contributed by atoms with Crippen molar-refractivity contribution in [3.05, 3.63) is 296 Å². The number of para-hydroxylation sites is 5. The standard InChI is InChI=1S/C75H55B2N3OS/c1-50-43-51(2)75(52(3)44-50)80-67-49-72-66(48-65(67)76-63-39-22-23-40-69(63)81-70-46-60(45-68(80)74(70)76)79(57-33-18-8-19-34-57)58-35-20-9-21-36-58)77(73-61(53-25-10-4-11-26-53)37-24-38-62(73)54-27-12-5-13-28-54)64-42-41-59(47-71(64)82-72)78(55-29-14-6-15-30-55)56-31-16-7-17-32-56/h4-49H,1-3H3. The second kappa shape index (κ2) is 20.5. The van der Waals surface area contributed by atoms with Crippen LogP contribution in [-0.2, 0) is 0 Å². The van der Waals surface area contributed by atoms with Crippen LogP contribution in [0.2, 0.25) is 0 Å². The zero-order valence-corrected chi connectivity index (χ0v) is 46.7. The van der Waals surface area contributed by atoms with Gasteiger partial charge in [0.1, 0.15) is 11.5 Å². The van der Waals surface area contributed by atoms with Gasteiger partial charge in [0.2, 0.25) is 6.71 Å². The molecule has 0 N–H and O–H groups in total. The van der Waals surface area contributed by atoms with E-state index < -0.39 is 0 Å². The molecule has 12 aromatic carbocycles. The molecule has 0 aromatic heterocycles. The maximum absolute atomic E-state index is 7.28. The van der Waals surface area contributed by atoms with E-state index in [1.165, 1.54) is 76.3 Å². The van der Waals surface area contributed by atoms with E-state index in [1.54, 1.807) is 0 Å². The fourth-order valence-corrected chi connectivity index (χ4v) is 14.5. The van der Waals surface area contributed by atoms with Gasteiger partial charge in [0, 0.05) is 55.7 Å². The molecular formula is C75H55B2N3OS. The molecule has 0 amide bonds. The minimum Gasteiger partial charge on any atom is -0.458 e. The second-order valence-electron chi connectivity index (χ2n) is 21.8. The number of nitrogens with zero attached hydrogens (tertiary/aromatic N) is 3. The van der Waals surface area contributed by atoms with Gasteiger partial charge in [-0.05, 0) is 149 Å². The highest BCUT2D eigenvalue weighted by Crippen LogP contribution is 2.49. The van der Waals surface area contributed by atoms with E-state index in [-0.39, 0.29) is 13.4 Å². The van der Waals surface area contributed by atoms with Crippen LogP contribution in [0.15, 0.2) is 289 Å². The summed E-state index contributed by atoms with van der Waals surface area (Å²) in [7, 11) is 0. The minimum atomic E-state index is -0.168. The molecule has 0 aliphatic carbocycles. The second-order valence-corrected chi connectivity index (χ2v) is 22.8. The third-order valence-corrected chi connectivity index (χ3v) is 17.8. The molecule has 82 heavy (non-hydrogen) atoms. The summed E-state index contributed by atoms with van der Waals surface area (Å²) in [5, 5.41) is 0. The number of rotatable bonds is 10. The Bertz CT molecular complexity index is 4230. The van der Waals surface area contributed by atoms with Crippen molar-refractivity contribution >= 4 is 109 Å². The smallest absolute Gasteiger partial charge is 0.256 e. The molecule has 12 aromatic rings. The molecule has 0 bridgehead atoms. The summed E-state index contributed by atoms with van der Waals surface area (Å²) in [6.45, 7) is 6.45. The minimum absolute atomic E-state index is 0.147. The number of aryl methyl sites for hydroxylation is 3. The summed E-state index contributed by atoms with van der Waals surface area (Å²) < 4.78 is 7.28. The van der Waals surface area contributed by atoms with Gasteiger partial charge in [0.15, 0.2) is 0 Å². The Labute approximate surface area is 485 Å². The number of fused-ring (bicyclic) bond motifs is 6. The SMILES string of the molecule is Cc1cc(C)c(N2c3cc4c(cc3B3c5ccccc5Oc5cc(N(c6ccccc6)c6ccccc6)cc2c53)B(c2c(-c3ccccc3)cccc2-c2ccccc2)c2ccc(N(c3ccccc3)c3ccccc3)cc2S4)c(C)c1. The Morgan fingerprint density at radius 2 is 0.829 bits per heavy atom. The van der Waals surface area contributed by atoms with Gasteiger partial charge in [-0.15, -0.1) is 0 Å². The highest BCUT2D eigenvalue weighted by Gasteiger charge is 2.45. The average Bonchev–Trinajstić information content (AvgIpc) is 1.38. The van der Waals surface area contributed by atoms with Crippen LogP contribution >= 0.6 is 11.8 Å². The fraction of sp³-hybridized carbons (Fsp3) is 0.0400. The largest absolute Gasteiger partial charge is 0.458 e. The highest BCUT2D eigenvalue weighted by molar-refractivity contribution is 8.00. The summed E-state index contributed by atoms with van der Waals surface area (Å²) in [6, 6.07) is 102. The molecule has 0 saturated heterocycles. The normalized spacial score (nSPS) is 12.5. The summed E-state index contributed by atoms with van der Waals surface area (Å²) in [5.74, 6) is 1.73. The summed E-state index contributed by atoms with van der Waals surface area (Å²) in [5.41, 5.74) is 25.8.